The number of carbonyl (C=O) groups excluding carboxylic acids is 1. The molecular formula is C30H31ClN2O5. The minimum atomic E-state index is -0.227. The molecule has 4 aromatic rings. The number of carbonyl (C=O) groups is 1. The first kappa shape index (κ1) is 27.2. The van der Waals surface area contributed by atoms with Gasteiger partial charge in [-0.25, -0.2) is 0 Å². The number of nitrogens with one attached hydrogen (secondary N) is 1. The van der Waals surface area contributed by atoms with Crippen molar-refractivity contribution in [3.63, 3.8) is 0 Å². The van der Waals surface area contributed by atoms with Gasteiger partial charge in [0.25, 0.3) is 0 Å². The molecule has 0 spiro atoms. The molecule has 0 radical (unpaired) electrons. The summed E-state index contributed by atoms with van der Waals surface area (Å²) in [5.41, 5.74) is 2.63. The highest BCUT2D eigenvalue weighted by Gasteiger charge is 2.26. The summed E-state index contributed by atoms with van der Waals surface area (Å²) in [5, 5.41) is 17.5. The van der Waals surface area contributed by atoms with E-state index in [1.807, 2.05) is 36.4 Å². The summed E-state index contributed by atoms with van der Waals surface area (Å²) in [7, 11) is 1.60. The van der Waals surface area contributed by atoms with Crippen LogP contribution in [0.1, 0.15) is 41.6 Å². The second-order valence-electron chi connectivity index (χ2n) is 9.15. The first-order chi connectivity index (χ1) is 18.1. The van der Waals surface area contributed by atoms with Crippen molar-refractivity contribution in [2.75, 3.05) is 20.3 Å². The Hall–Kier alpha value is -3.81. The van der Waals surface area contributed by atoms with Crippen molar-refractivity contribution < 1.29 is 23.9 Å². The number of rotatable bonds is 9. The Bertz CT molecular complexity index is 1350. The number of hydrogen-bond acceptors (Lipinski definition) is 7. The smallest absolute Gasteiger partial charge is 0.199 e. The molecule has 2 heterocycles. The summed E-state index contributed by atoms with van der Waals surface area (Å²) in [5.74, 6) is 1.59. The second kappa shape index (κ2) is 12.6. The quantitative estimate of drug-likeness (QED) is 0.244. The molecule has 1 aliphatic heterocycles. The van der Waals surface area contributed by atoms with Crippen molar-refractivity contribution in [3.05, 3.63) is 83.9 Å². The Kier molecular flexibility index (Phi) is 9.05. The van der Waals surface area contributed by atoms with Gasteiger partial charge in [0.2, 0.25) is 0 Å². The van der Waals surface area contributed by atoms with E-state index in [4.69, 9.17) is 14.0 Å². The minimum Gasteiger partial charge on any atom is -0.508 e. The zero-order valence-corrected chi connectivity index (χ0v) is 22.0. The summed E-state index contributed by atoms with van der Waals surface area (Å²) in [6.45, 7) is 1.64. The van der Waals surface area contributed by atoms with Gasteiger partial charge in [-0.2, -0.15) is 0 Å². The molecule has 7 nitrogen and oxygen atoms in total. The first-order valence-corrected chi connectivity index (χ1v) is 12.6. The van der Waals surface area contributed by atoms with Crippen molar-refractivity contribution in [2.24, 2.45) is 0 Å². The molecule has 38 heavy (non-hydrogen) atoms. The Labute approximate surface area is 228 Å². The topological polar surface area (TPSA) is 93.8 Å². The Balaban J connectivity index is 0.00000336. The van der Waals surface area contributed by atoms with E-state index in [1.54, 1.807) is 43.5 Å². The normalized spacial score (nSPS) is 14.9. The van der Waals surface area contributed by atoms with E-state index in [2.05, 4.69) is 10.5 Å². The van der Waals surface area contributed by atoms with Gasteiger partial charge in [-0.1, -0.05) is 23.7 Å². The molecule has 0 aliphatic carbocycles. The molecule has 1 fully saturated rings. The Morgan fingerprint density at radius 3 is 2.50 bits per heavy atom. The SMILES string of the molecule is COc1ccc(-c2noc(-c3ccc(O)cc3)c2C(=O)c2cccc(OCCC3CCCCN3)c2)cc1.Cl. The standard InChI is InChI=1S/C30H30N2O5.ClH/c1-35-25-14-10-20(11-15-25)28-27(30(37-32-28)21-8-12-24(33)13-9-21)29(34)22-5-4-7-26(19-22)36-18-16-23-6-2-3-17-31-23;/h4-5,7-15,19,23,31,33H,2-3,6,16-18H2,1H3;1H. The minimum absolute atomic E-state index is 0. The zero-order valence-electron chi connectivity index (χ0n) is 21.2. The van der Waals surface area contributed by atoms with Gasteiger partial charge in [0.1, 0.15) is 22.9 Å². The van der Waals surface area contributed by atoms with Gasteiger partial charge in [0.15, 0.2) is 11.5 Å². The lowest BCUT2D eigenvalue weighted by atomic mass is 9.95. The fraction of sp³-hybridized carbons (Fsp3) is 0.267. The van der Waals surface area contributed by atoms with Gasteiger partial charge in [-0.3, -0.25) is 4.79 Å². The third-order valence-electron chi connectivity index (χ3n) is 6.66. The monoisotopic (exact) mass is 534 g/mol. The molecule has 1 saturated heterocycles. The third-order valence-corrected chi connectivity index (χ3v) is 6.66. The van der Waals surface area contributed by atoms with Gasteiger partial charge in [-0.05, 0) is 86.5 Å². The number of phenolic OH excluding ortho intramolecular Hbond substituents is 1. The van der Waals surface area contributed by atoms with Crippen LogP contribution in [0.5, 0.6) is 17.2 Å². The highest BCUT2D eigenvalue weighted by molar-refractivity contribution is 6.15. The number of ether oxygens (including phenoxy) is 2. The van der Waals surface area contributed by atoms with Crippen LogP contribution >= 0.6 is 12.4 Å². The number of phenols is 1. The molecule has 5 rings (SSSR count). The first-order valence-electron chi connectivity index (χ1n) is 12.6. The Morgan fingerprint density at radius 1 is 1.03 bits per heavy atom. The molecule has 0 bridgehead atoms. The van der Waals surface area contributed by atoms with E-state index in [1.165, 1.54) is 19.3 Å². The van der Waals surface area contributed by atoms with E-state index in [0.717, 1.165) is 18.5 Å². The molecule has 1 aliphatic rings. The number of hydrogen-bond donors (Lipinski definition) is 2. The van der Waals surface area contributed by atoms with E-state index < -0.39 is 0 Å². The molecule has 0 amide bonds. The molecule has 1 atom stereocenters. The summed E-state index contributed by atoms with van der Waals surface area (Å²) in [6.07, 6.45) is 4.58. The predicted octanol–water partition coefficient (Wildman–Crippen LogP) is 6.29. The Morgan fingerprint density at radius 2 is 1.79 bits per heavy atom. The molecule has 2 N–H and O–H groups in total. The maximum Gasteiger partial charge on any atom is 0.199 e. The number of nitrogens with zero attached hydrogens (tertiary/aromatic N) is 1. The van der Waals surface area contributed by atoms with Gasteiger partial charge < -0.3 is 24.4 Å². The molecule has 1 unspecified atom stereocenters. The largest absolute Gasteiger partial charge is 0.508 e. The van der Waals surface area contributed by atoms with Crippen LogP contribution in [0.4, 0.5) is 0 Å². The van der Waals surface area contributed by atoms with Crippen LogP contribution in [0, 0.1) is 0 Å². The third kappa shape index (κ3) is 6.18. The highest BCUT2D eigenvalue weighted by Crippen LogP contribution is 2.35. The maximum atomic E-state index is 13.9. The molecule has 0 saturated carbocycles. The lowest BCUT2D eigenvalue weighted by molar-refractivity contribution is 0.103. The van der Waals surface area contributed by atoms with Crippen molar-refractivity contribution in [2.45, 2.75) is 31.7 Å². The zero-order chi connectivity index (χ0) is 25.6. The van der Waals surface area contributed by atoms with Gasteiger partial charge in [-0.15, -0.1) is 12.4 Å². The maximum absolute atomic E-state index is 13.9. The van der Waals surface area contributed by atoms with Crippen LogP contribution in [0.2, 0.25) is 0 Å². The molecular weight excluding hydrogens is 504 g/mol. The predicted molar refractivity (Wildman–Crippen MR) is 148 cm³/mol. The fourth-order valence-electron chi connectivity index (χ4n) is 4.62. The average Bonchev–Trinajstić information content (AvgIpc) is 3.39. The number of halogens is 1. The van der Waals surface area contributed by atoms with Gasteiger partial charge >= 0.3 is 0 Å². The molecule has 1 aromatic heterocycles. The molecule has 198 valence electrons. The second-order valence-corrected chi connectivity index (χ2v) is 9.15. The average molecular weight is 535 g/mol. The van der Waals surface area contributed by atoms with E-state index in [0.29, 0.717) is 52.3 Å². The number of ketones is 1. The van der Waals surface area contributed by atoms with E-state index in [9.17, 15) is 9.90 Å². The number of piperidine rings is 1. The lowest BCUT2D eigenvalue weighted by Crippen LogP contribution is -2.35. The highest BCUT2D eigenvalue weighted by atomic mass is 35.5. The van der Waals surface area contributed by atoms with Gasteiger partial charge in [0.05, 0.1) is 19.3 Å². The van der Waals surface area contributed by atoms with E-state index >= 15 is 0 Å². The lowest BCUT2D eigenvalue weighted by Gasteiger charge is -2.23. The summed E-state index contributed by atoms with van der Waals surface area (Å²) < 4.78 is 17.0. The summed E-state index contributed by atoms with van der Waals surface area (Å²) in [6, 6.07) is 21.5. The van der Waals surface area contributed by atoms with Crippen LogP contribution < -0.4 is 14.8 Å². The van der Waals surface area contributed by atoms with Crippen LogP contribution in [0.25, 0.3) is 22.6 Å². The fourth-order valence-corrected chi connectivity index (χ4v) is 4.62. The molecule has 8 heteroatoms. The van der Waals surface area contributed by atoms with Crippen molar-refractivity contribution >= 4 is 18.2 Å². The number of aromatic nitrogens is 1. The van der Waals surface area contributed by atoms with E-state index in [-0.39, 0.29) is 23.9 Å². The summed E-state index contributed by atoms with van der Waals surface area (Å²) in [4.78, 5) is 13.9. The van der Waals surface area contributed by atoms with Crippen LogP contribution in [0.3, 0.4) is 0 Å². The molecule has 3 aromatic carbocycles. The number of methoxy groups -OCH3 is 1. The van der Waals surface area contributed by atoms with Crippen molar-refractivity contribution in [3.8, 4) is 39.8 Å². The number of aromatic hydroxyl groups is 1. The summed E-state index contributed by atoms with van der Waals surface area (Å²) >= 11 is 0. The van der Waals surface area contributed by atoms with Crippen molar-refractivity contribution in [1.29, 1.82) is 0 Å². The van der Waals surface area contributed by atoms with Crippen molar-refractivity contribution in [1.82, 2.24) is 10.5 Å². The van der Waals surface area contributed by atoms with Gasteiger partial charge in [0, 0.05) is 22.7 Å². The van der Waals surface area contributed by atoms with Crippen LogP contribution in [0.15, 0.2) is 77.3 Å². The van der Waals surface area contributed by atoms with Crippen LogP contribution in [-0.4, -0.2) is 42.3 Å². The number of benzene rings is 3. The van der Waals surface area contributed by atoms with Crippen LogP contribution in [-0.2, 0) is 0 Å².